The first-order valence-electron chi connectivity index (χ1n) is 7.89. The van der Waals surface area contributed by atoms with Gasteiger partial charge in [0, 0.05) is 35.3 Å². The van der Waals surface area contributed by atoms with Gasteiger partial charge in [0.05, 0.1) is 5.75 Å². The number of nitrogens with one attached hydrogen (secondary N) is 1. The number of rotatable bonds is 7. The van der Waals surface area contributed by atoms with E-state index < -0.39 is 0 Å². The summed E-state index contributed by atoms with van der Waals surface area (Å²) < 4.78 is 2.12. The Hall–Kier alpha value is -1.82. The molecule has 6 heteroatoms. The lowest BCUT2D eigenvalue weighted by molar-refractivity contribution is 0.102. The van der Waals surface area contributed by atoms with Crippen LogP contribution in [-0.4, -0.2) is 26.1 Å². The SMILES string of the molecule is CCCc1cc(=O)[nH]c(SCC(=O)c2cc(C)n(CC)c2C)n1. The van der Waals surface area contributed by atoms with Crippen LogP contribution in [0.3, 0.4) is 0 Å². The summed E-state index contributed by atoms with van der Waals surface area (Å²) >= 11 is 1.28. The number of aryl methyl sites for hydroxylation is 2. The first-order valence-corrected chi connectivity index (χ1v) is 8.87. The van der Waals surface area contributed by atoms with Crippen molar-refractivity contribution in [3.63, 3.8) is 0 Å². The van der Waals surface area contributed by atoms with Crippen molar-refractivity contribution in [3.05, 3.63) is 45.1 Å². The van der Waals surface area contributed by atoms with Crippen molar-refractivity contribution in [2.24, 2.45) is 0 Å². The zero-order valence-electron chi connectivity index (χ0n) is 14.1. The molecular weight excluding hydrogens is 310 g/mol. The van der Waals surface area contributed by atoms with Crippen LogP contribution >= 0.6 is 11.8 Å². The summed E-state index contributed by atoms with van der Waals surface area (Å²) in [6.45, 7) is 8.94. The molecule has 0 spiro atoms. The van der Waals surface area contributed by atoms with Gasteiger partial charge in [0.25, 0.3) is 5.56 Å². The summed E-state index contributed by atoms with van der Waals surface area (Å²) in [7, 11) is 0. The Morgan fingerprint density at radius 3 is 2.65 bits per heavy atom. The molecule has 0 atom stereocenters. The molecule has 0 aromatic carbocycles. The maximum Gasteiger partial charge on any atom is 0.251 e. The molecule has 0 amide bonds. The molecule has 124 valence electrons. The molecule has 5 nitrogen and oxygen atoms in total. The number of nitrogens with zero attached hydrogens (tertiary/aromatic N) is 2. The van der Waals surface area contributed by atoms with Crippen LogP contribution in [0.5, 0.6) is 0 Å². The van der Waals surface area contributed by atoms with Crippen LogP contribution in [0.15, 0.2) is 22.1 Å². The van der Waals surface area contributed by atoms with Crippen LogP contribution in [0, 0.1) is 13.8 Å². The maximum atomic E-state index is 12.5. The van der Waals surface area contributed by atoms with E-state index in [1.165, 1.54) is 17.8 Å². The van der Waals surface area contributed by atoms with E-state index in [1.54, 1.807) is 0 Å². The summed E-state index contributed by atoms with van der Waals surface area (Å²) in [5.74, 6) is 0.332. The van der Waals surface area contributed by atoms with Gasteiger partial charge in [0.1, 0.15) is 0 Å². The van der Waals surface area contributed by atoms with Crippen molar-refractivity contribution in [2.75, 3.05) is 5.75 Å². The number of thioether (sulfide) groups is 1. The van der Waals surface area contributed by atoms with E-state index in [4.69, 9.17) is 0 Å². The van der Waals surface area contributed by atoms with Crippen LogP contribution in [0.25, 0.3) is 0 Å². The lowest BCUT2D eigenvalue weighted by Gasteiger charge is -2.06. The van der Waals surface area contributed by atoms with Gasteiger partial charge < -0.3 is 9.55 Å². The quantitative estimate of drug-likeness (QED) is 0.480. The third-order valence-corrected chi connectivity index (χ3v) is 4.68. The fourth-order valence-corrected chi connectivity index (χ4v) is 3.50. The molecule has 0 aliphatic rings. The van der Waals surface area contributed by atoms with E-state index in [2.05, 4.69) is 21.5 Å². The molecule has 0 unspecified atom stereocenters. The first kappa shape index (κ1) is 17.5. The number of Topliss-reactive ketones (excluding diaryl/α,β-unsaturated/α-hetero) is 1. The number of aromatic nitrogens is 3. The molecule has 0 saturated heterocycles. The summed E-state index contributed by atoms with van der Waals surface area (Å²) in [4.78, 5) is 31.2. The van der Waals surface area contributed by atoms with E-state index >= 15 is 0 Å². The highest BCUT2D eigenvalue weighted by Gasteiger charge is 2.15. The second-order valence-electron chi connectivity index (χ2n) is 5.53. The molecule has 0 saturated carbocycles. The molecule has 0 aliphatic carbocycles. The minimum atomic E-state index is -0.164. The average molecular weight is 333 g/mol. The van der Waals surface area contributed by atoms with Gasteiger partial charge in [-0.2, -0.15) is 0 Å². The second-order valence-corrected chi connectivity index (χ2v) is 6.50. The predicted molar refractivity (Wildman–Crippen MR) is 93.5 cm³/mol. The van der Waals surface area contributed by atoms with Gasteiger partial charge in [-0.25, -0.2) is 4.98 Å². The summed E-state index contributed by atoms with van der Waals surface area (Å²) in [5.41, 5.74) is 3.45. The molecule has 2 rings (SSSR count). The van der Waals surface area contributed by atoms with E-state index in [0.717, 1.165) is 42.0 Å². The Labute approximate surface area is 140 Å². The van der Waals surface area contributed by atoms with Crippen LogP contribution in [0.1, 0.15) is 47.7 Å². The summed E-state index contributed by atoms with van der Waals surface area (Å²) in [6, 6.07) is 3.45. The Morgan fingerprint density at radius 2 is 2.04 bits per heavy atom. The van der Waals surface area contributed by atoms with E-state index in [9.17, 15) is 9.59 Å². The van der Waals surface area contributed by atoms with Crippen molar-refractivity contribution < 1.29 is 4.79 Å². The van der Waals surface area contributed by atoms with Gasteiger partial charge in [0.2, 0.25) is 0 Å². The summed E-state index contributed by atoms with van der Waals surface area (Å²) in [6.07, 6.45) is 1.70. The number of carbonyl (C=O) groups is 1. The fraction of sp³-hybridized carbons (Fsp3) is 0.471. The largest absolute Gasteiger partial charge is 0.349 e. The molecule has 0 bridgehead atoms. The topological polar surface area (TPSA) is 67.8 Å². The zero-order valence-corrected chi connectivity index (χ0v) is 14.9. The maximum absolute atomic E-state index is 12.5. The van der Waals surface area contributed by atoms with Crippen molar-refractivity contribution in [1.82, 2.24) is 14.5 Å². The molecule has 2 aromatic heterocycles. The lowest BCUT2D eigenvalue weighted by atomic mass is 10.2. The van der Waals surface area contributed by atoms with Gasteiger partial charge >= 0.3 is 0 Å². The highest BCUT2D eigenvalue weighted by Crippen LogP contribution is 2.19. The lowest BCUT2D eigenvalue weighted by Crippen LogP contribution is -2.11. The standard InChI is InChI=1S/C17H23N3O2S/c1-5-7-13-9-16(22)19-17(18-13)23-10-15(21)14-8-11(3)20(6-2)12(14)4/h8-9H,5-7,10H2,1-4H3,(H,18,19,22). The second kappa shape index (κ2) is 7.64. The normalized spacial score (nSPS) is 11.0. The minimum absolute atomic E-state index is 0.0614. The Kier molecular flexibility index (Phi) is 5.82. The highest BCUT2D eigenvalue weighted by molar-refractivity contribution is 7.99. The van der Waals surface area contributed by atoms with Crippen LogP contribution in [-0.2, 0) is 13.0 Å². The van der Waals surface area contributed by atoms with Crippen LogP contribution < -0.4 is 5.56 Å². The number of hydrogen-bond acceptors (Lipinski definition) is 4. The highest BCUT2D eigenvalue weighted by atomic mass is 32.2. The number of aromatic amines is 1. The van der Waals surface area contributed by atoms with Gasteiger partial charge in [-0.3, -0.25) is 9.59 Å². The minimum Gasteiger partial charge on any atom is -0.349 e. The predicted octanol–water partition coefficient (Wildman–Crippen LogP) is 3.14. The molecule has 23 heavy (non-hydrogen) atoms. The van der Waals surface area contributed by atoms with Crippen molar-refractivity contribution in [2.45, 2.75) is 52.2 Å². The van der Waals surface area contributed by atoms with Crippen molar-refractivity contribution in [3.8, 4) is 0 Å². The molecule has 1 N–H and O–H groups in total. The van der Waals surface area contributed by atoms with Crippen molar-refractivity contribution in [1.29, 1.82) is 0 Å². The molecular formula is C17H23N3O2S. The van der Waals surface area contributed by atoms with Gasteiger partial charge in [0.15, 0.2) is 10.9 Å². The van der Waals surface area contributed by atoms with Crippen molar-refractivity contribution >= 4 is 17.5 Å². The molecule has 2 aromatic rings. The molecule has 0 fully saturated rings. The first-order chi connectivity index (χ1) is 11.0. The smallest absolute Gasteiger partial charge is 0.251 e. The number of carbonyl (C=O) groups excluding carboxylic acids is 1. The molecule has 0 aliphatic heterocycles. The third kappa shape index (κ3) is 4.13. The number of ketones is 1. The van der Waals surface area contributed by atoms with Gasteiger partial charge in [-0.05, 0) is 33.3 Å². The zero-order chi connectivity index (χ0) is 17.0. The van der Waals surface area contributed by atoms with E-state index in [-0.39, 0.29) is 17.1 Å². The monoisotopic (exact) mass is 333 g/mol. The fourth-order valence-electron chi connectivity index (χ4n) is 2.72. The Bertz CT molecular complexity index is 762. The van der Waals surface area contributed by atoms with E-state index in [1.807, 2.05) is 26.8 Å². The Balaban J connectivity index is 2.12. The van der Waals surface area contributed by atoms with Gasteiger partial charge in [-0.1, -0.05) is 25.1 Å². The third-order valence-electron chi connectivity index (χ3n) is 3.81. The Morgan fingerprint density at radius 1 is 1.30 bits per heavy atom. The van der Waals surface area contributed by atoms with E-state index in [0.29, 0.717) is 5.16 Å². The summed E-state index contributed by atoms with van der Waals surface area (Å²) in [5, 5.41) is 0.513. The molecule has 0 radical (unpaired) electrons. The van der Waals surface area contributed by atoms with Crippen LogP contribution in [0.4, 0.5) is 0 Å². The van der Waals surface area contributed by atoms with Gasteiger partial charge in [-0.15, -0.1) is 0 Å². The molecule has 2 heterocycles. The van der Waals surface area contributed by atoms with Crippen LogP contribution in [0.2, 0.25) is 0 Å². The average Bonchev–Trinajstić information content (AvgIpc) is 2.79. The number of H-pyrrole nitrogens is 1. The number of hydrogen-bond donors (Lipinski definition) is 1.